The van der Waals surface area contributed by atoms with E-state index in [4.69, 9.17) is 16.6 Å². The molecule has 0 rings (SSSR count). The molecule has 5 atom stereocenters. The number of nitrogens with two attached hydrogens (primary N) is 2. The zero-order valence-corrected chi connectivity index (χ0v) is 16.3. The number of aliphatic hydroxyl groups excluding tert-OH is 1. The Morgan fingerprint density at radius 1 is 0.857 bits per heavy atom. The molecule has 0 bridgehead atoms. The summed E-state index contributed by atoms with van der Waals surface area (Å²) in [6.45, 7) is 5.84. The fraction of sp³-hybridized carbons (Fsp3) is 0.688. The summed E-state index contributed by atoms with van der Waals surface area (Å²) < 4.78 is 0. The highest BCUT2D eigenvalue weighted by atomic mass is 16.4. The molecule has 0 saturated carbocycles. The Bertz CT molecular complexity index is 606. The van der Waals surface area contributed by atoms with Crippen LogP contribution in [0.5, 0.6) is 0 Å². The smallest absolute Gasteiger partial charge is 0.326 e. The van der Waals surface area contributed by atoms with Gasteiger partial charge in [0.2, 0.25) is 23.6 Å². The number of aliphatic hydroxyl groups is 1. The van der Waals surface area contributed by atoms with Crippen molar-refractivity contribution >= 4 is 29.6 Å². The Kier molecular flexibility index (Phi) is 10.1. The SMILES string of the molecule is CC(N)C(=O)NC(C(=O)NC(C(=O)NC(CC(N)=O)C(=O)O)C(C)C)C(C)O. The number of nitrogens with one attached hydrogen (secondary N) is 3. The largest absolute Gasteiger partial charge is 0.480 e. The second kappa shape index (κ2) is 11.2. The molecule has 12 nitrogen and oxygen atoms in total. The topological polar surface area (TPSA) is 214 Å². The lowest BCUT2D eigenvalue weighted by molar-refractivity contribution is -0.144. The van der Waals surface area contributed by atoms with Gasteiger partial charge < -0.3 is 37.6 Å². The van der Waals surface area contributed by atoms with E-state index >= 15 is 0 Å². The number of rotatable bonds is 11. The van der Waals surface area contributed by atoms with Crippen LogP contribution in [0.1, 0.15) is 34.1 Å². The minimum Gasteiger partial charge on any atom is -0.480 e. The molecular formula is C16H29N5O7. The maximum atomic E-state index is 12.5. The Balaban J connectivity index is 5.32. The van der Waals surface area contributed by atoms with Crippen molar-refractivity contribution in [1.82, 2.24) is 16.0 Å². The van der Waals surface area contributed by atoms with Crippen LogP contribution < -0.4 is 27.4 Å². The van der Waals surface area contributed by atoms with Crippen LogP contribution in [0.2, 0.25) is 0 Å². The number of amides is 4. The van der Waals surface area contributed by atoms with Crippen LogP contribution in [0.3, 0.4) is 0 Å². The molecule has 0 aliphatic heterocycles. The summed E-state index contributed by atoms with van der Waals surface area (Å²) in [7, 11) is 0. The first-order chi connectivity index (χ1) is 12.8. The summed E-state index contributed by atoms with van der Waals surface area (Å²) in [6.07, 6.45) is -1.92. The monoisotopic (exact) mass is 403 g/mol. The van der Waals surface area contributed by atoms with Gasteiger partial charge in [0.15, 0.2) is 0 Å². The highest BCUT2D eigenvalue weighted by molar-refractivity contribution is 5.95. The molecule has 12 heteroatoms. The molecule has 5 unspecified atom stereocenters. The van der Waals surface area contributed by atoms with Gasteiger partial charge in [0, 0.05) is 0 Å². The van der Waals surface area contributed by atoms with E-state index in [1.54, 1.807) is 13.8 Å². The molecular weight excluding hydrogens is 374 g/mol. The van der Waals surface area contributed by atoms with Crippen molar-refractivity contribution in [2.75, 3.05) is 0 Å². The van der Waals surface area contributed by atoms with Crippen LogP contribution >= 0.6 is 0 Å². The number of hydrogen-bond donors (Lipinski definition) is 7. The first-order valence-corrected chi connectivity index (χ1v) is 8.63. The second-order valence-electron chi connectivity index (χ2n) is 6.82. The van der Waals surface area contributed by atoms with Crippen molar-refractivity contribution in [3.8, 4) is 0 Å². The first kappa shape index (κ1) is 25.3. The van der Waals surface area contributed by atoms with E-state index < -0.39 is 72.2 Å². The minimum absolute atomic E-state index is 0.481. The molecule has 0 aliphatic rings. The molecule has 4 amide bonds. The molecule has 9 N–H and O–H groups in total. The van der Waals surface area contributed by atoms with Crippen molar-refractivity contribution in [3.63, 3.8) is 0 Å². The van der Waals surface area contributed by atoms with E-state index in [2.05, 4.69) is 16.0 Å². The molecule has 0 aromatic heterocycles. The Labute approximate surface area is 162 Å². The summed E-state index contributed by atoms with van der Waals surface area (Å²) in [6, 6.07) is -5.07. The van der Waals surface area contributed by atoms with Gasteiger partial charge in [-0.05, 0) is 19.8 Å². The summed E-state index contributed by atoms with van der Waals surface area (Å²) >= 11 is 0. The van der Waals surface area contributed by atoms with Crippen molar-refractivity contribution < 1.29 is 34.2 Å². The maximum Gasteiger partial charge on any atom is 0.326 e. The lowest BCUT2D eigenvalue weighted by atomic mass is 10.0. The summed E-state index contributed by atoms with van der Waals surface area (Å²) in [5.74, 6) is -5.28. The molecule has 0 saturated heterocycles. The Morgan fingerprint density at radius 3 is 1.68 bits per heavy atom. The Morgan fingerprint density at radius 2 is 1.32 bits per heavy atom. The zero-order chi connectivity index (χ0) is 22.2. The highest BCUT2D eigenvalue weighted by Crippen LogP contribution is 2.05. The molecule has 0 aromatic rings. The number of hydrogen-bond acceptors (Lipinski definition) is 7. The van der Waals surface area contributed by atoms with Crippen molar-refractivity contribution in [1.29, 1.82) is 0 Å². The predicted octanol–water partition coefficient (Wildman–Crippen LogP) is -3.22. The molecule has 160 valence electrons. The lowest BCUT2D eigenvalue weighted by Gasteiger charge is -2.27. The number of carbonyl (C=O) groups excluding carboxylic acids is 4. The average Bonchev–Trinajstić information content (AvgIpc) is 2.54. The van der Waals surface area contributed by atoms with Gasteiger partial charge >= 0.3 is 5.97 Å². The van der Waals surface area contributed by atoms with Gasteiger partial charge in [0.25, 0.3) is 0 Å². The lowest BCUT2D eigenvalue weighted by Crippen LogP contribution is -2.60. The summed E-state index contributed by atoms with van der Waals surface area (Å²) in [5, 5.41) is 25.6. The van der Waals surface area contributed by atoms with Crippen LogP contribution in [-0.2, 0) is 24.0 Å². The molecule has 28 heavy (non-hydrogen) atoms. The number of carbonyl (C=O) groups is 5. The van der Waals surface area contributed by atoms with E-state index in [0.29, 0.717) is 0 Å². The second-order valence-corrected chi connectivity index (χ2v) is 6.82. The molecule has 0 heterocycles. The molecule has 0 fully saturated rings. The fourth-order valence-corrected chi connectivity index (χ4v) is 2.13. The zero-order valence-electron chi connectivity index (χ0n) is 16.3. The Hall–Kier alpha value is -2.73. The number of primary amides is 1. The first-order valence-electron chi connectivity index (χ1n) is 8.63. The quantitative estimate of drug-likeness (QED) is 0.186. The average molecular weight is 403 g/mol. The van der Waals surface area contributed by atoms with Crippen molar-refractivity contribution in [2.45, 2.75) is 64.4 Å². The minimum atomic E-state index is -1.56. The van der Waals surface area contributed by atoms with Gasteiger partial charge in [-0.3, -0.25) is 19.2 Å². The fourth-order valence-electron chi connectivity index (χ4n) is 2.13. The standard InChI is InChI=1S/C16H29N5O7/c1-6(2)11(14(25)19-9(16(27)28)5-10(18)23)20-15(26)12(8(4)22)21-13(24)7(3)17/h6-9,11-12,22H,5,17H2,1-4H3,(H2,18,23)(H,19,25)(H,20,26)(H,21,24)(H,27,28). The van der Waals surface area contributed by atoms with E-state index in [-0.39, 0.29) is 0 Å². The molecule has 0 radical (unpaired) electrons. The van der Waals surface area contributed by atoms with Gasteiger partial charge in [-0.15, -0.1) is 0 Å². The molecule has 0 aromatic carbocycles. The van der Waals surface area contributed by atoms with Gasteiger partial charge in [0.1, 0.15) is 18.1 Å². The maximum absolute atomic E-state index is 12.5. The van der Waals surface area contributed by atoms with Crippen molar-refractivity contribution in [3.05, 3.63) is 0 Å². The summed E-state index contributed by atoms with van der Waals surface area (Å²) in [5.41, 5.74) is 10.4. The third-order valence-corrected chi connectivity index (χ3v) is 3.74. The molecule has 0 aliphatic carbocycles. The highest BCUT2D eigenvalue weighted by Gasteiger charge is 2.33. The van der Waals surface area contributed by atoms with Crippen LogP contribution in [0.25, 0.3) is 0 Å². The third kappa shape index (κ3) is 8.31. The third-order valence-electron chi connectivity index (χ3n) is 3.74. The number of aliphatic carboxylic acids is 1. The van der Waals surface area contributed by atoms with Gasteiger partial charge in [-0.25, -0.2) is 4.79 Å². The predicted molar refractivity (Wildman–Crippen MR) is 97.4 cm³/mol. The van der Waals surface area contributed by atoms with Gasteiger partial charge in [0.05, 0.1) is 18.6 Å². The van der Waals surface area contributed by atoms with Crippen molar-refractivity contribution in [2.24, 2.45) is 17.4 Å². The number of carboxylic acids is 1. The summed E-state index contributed by atoms with van der Waals surface area (Å²) in [4.78, 5) is 58.7. The van der Waals surface area contributed by atoms with E-state index in [1.807, 2.05) is 0 Å². The van der Waals surface area contributed by atoms with Crippen LogP contribution in [-0.4, -0.2) is 70.1 Å². The number of carboxylic acid groups (broad SMARTS) is 1. The van der Waals surface area contributed by atoms with Gasteiger partial charge in [-0.1, -0.05) is 13.8 Å². The normalized spacial score (nSPS) is 16.2. The van der Waals surface area contributed by atoms with Crippen LogP contribution in [0.15, 0.2) is 0 Å². The molecule has 0 spiro atoms. The van der Waals surface area contributed by atoms with Crippen LogP contribution in [0.4, 0.5) is 0 Å². The van der Waals surface area contributed by atoms with Gasteiger partial charge in [-0.2, -0.15) is 0 Å². The van der Waals surface area contributed by atoms with E-state index in [9.17, 15) is 29.1 Å². The van der Waals surface area contributed by atoms with E-state index in [0.717, 1.165) is 0 Å². The van der Waals surface area contributed by atoms with Crippen LogP contribution in [0, 0.1) is 5.92 Å². The van der Waals surface area contributed by atoms with E-state index in [1.165, 1.54) is 13.8 Å².